The van der Waals surface area contributed by atoms with Crippen LogP contribution in [-0.2, 0) is 16.4 Å². The van der Waals surface area contributed by atoms with Crippen LogP contribution in [-0.4, -0.2) is 45.0 Å². The second-order valence-corrected chi connectivity index (χ2v) is 10.1. The molecule has 7 nitrogen and oxygen atoms in total. The van der Waals surface area contributed by atoms with Crippen LogP contribution in [0.5, 0.6) is 0 Å². The van der Waals surface area contributed by atoms with Gasteiger partial charge < -0.3 is 15.1 Å². The normalized spacial score (nSPS) is 12.8. The molecule has 0 atom stereocenters. The van der Waals surface area contributed by atoms with E-state index in [0.717, 1.165) is 11.3 Å². The lowest BCUT2D eigenvalue weighted by Gasteiger charge is -2.25. The van der Waals surface area contributed by atoms with Crippen LogP contribution in [0.3, 0.4) is 0 Å². The second kappa shape index (κ2) is 9.23. The summed E-state index contributed by atoms with van der Waals surface area (Å²) in [7, 11) is -1.27. The van der Waals surface area contributed by atoms with Gasteiger partial charge in [-0.15, -0.1) is 0 Å². The van der Waals surface area contributed by atoms with E-state index in [9.17, 15) is 8.42 Å². The minimum atomic E-state index is -2.96. The van der Waals surface area contributed by atoms with Gasteiger partial charge in [-0.2, -0.15) is 0 Å². The van der Waals surface area contributed by atoms with Crippen molar-refractivity contribution >= 4 is 15.8 Å². The van der Waals surface area contributed by atoms with Gasteiger partial charge in [0.2, 0.25) is 5.89 Å². The molecule has 1 aromatic heterocycles. The molecule has 154 valence electrons. The van der Waals surface area contributed by atoms with Gasteiger partial charge in [0, 0.05) is 25.4 Å². The molecule has 0 spiro atoms. The Morgan fingerprint density at radius 2 is 1.89 bits per heavy atom. The molecule has 0 aliphatic rings. The van der Waals surface area contributed by atoms with Crippen molar-refractivity contribution in [3.63, 3.8) is 0 Å². The largest absolute Gasteiger partial charge is 0.444 e. The number of benzene rings is 1. The first kappa shape index (κ1) is 21.9. The number of guanidine groups is 1. The third kappa shape index (κ3) is 7.34. The number of aliphatic imine (C=N–C) groups is 1. The molecule has 0 saturated carbocycles. The summed E-state index contributed by atoms with van der Waals surface area (Å²) >= 11 is 0. The Morgan fingerprint density at radius 1 is 1.21 bits per heavy atom. The summed E-state index contributed by atoms with van der Waals surface area (Å²) in [5, 5.41) is 6.45. The quantitative estimate of drug-likeness (QED) is 0.517. The van der Waals surface area contributed by atoms with Gasteiger partial charge in [-0.3, -0.25) is 4.99 Å². The highest BCUT2D eigenvalue weighted by Crippen LogP contribution is 2.20. The van der Waals surface area contributed by atoms with Crippen molar-refractivity contribution in [2.45, 2.75) is 33.7 Å². The van der Waals surface area contributed by atoms with Crippen molar-refractivity contribution in [3.8, 4) is 11.5 Å². The van der Waals surface area contributed by atoms with E-state index >= 15 is 0 Å². The maximum Gasteiger partial charge on any atom is 0.226 e. The van der Waals surface area contributed by atoms with Gasteiger partial charge >= 0.3 is 0 Å². The number of aryl methyl sites for hydroxylation is 1. The molecule has 2 N–H and O–H groups in total. The van der Waals surface area contributed by atoms with Crippen molar-refractivity contribution in [2.24, 2.45) is 10.4 Å². The fraction of sp³-hybridized carbons (Fsp3) is 0.500. The molecule has 0 aliphatic heterocycles. The molecule has 0 fully saturated rings. The first-order valence-corrected chi connectivity index (χ1v) is 11.3. The van der Waals surface area contributed by atoms with Crippen LogP contribution in [0.15, 0.2) is 39.9 Å². The zero-order valence-electron chi connectivity index (χ0n) is 17.2. The van der Waals surface area contributed by atoms with Crippen LogP contribution in [0.2, 0.25) is 0 Å². The highest BCUT2D eigenvalue weighted by atomic mass is 32.2. The number of aromatic nitrogens is 1. The average molecular weight is 407 g/mol. The third-order valence-electron chi connectivity index (χ3n) is 4.39. The van der Waals surface area contributed by atoms with Gasteiger partial charge in [0.05, 0.1) is 18.0 Å². The average Bonchev–Trinajstić information content (AvgIpc) is 3.09. The summed E-state index contributed by atoms with van der Waals surface area (Å²) < 4.78 is 28.3. The van der Waals surface area contributed by atoms with Gasteiger partial charge in [-0.25, -0.2) is 13.4 Å². The molecule has 0 radical (unpaired) electrons. The summed E-state index contributed by atoms with van der Waals surface area (Å²) in [6.45, 7) is 7.18. The van der Waals surface area contributed by atoms with Gasteiger partial charge in [0.25, 0.3) is 0 Å². The molecule has 2 aromatic rings. The third-order valence-corrected chi connectivity index (χ3v) is 5.34. The van der Waals surface area contributed by atoms with E-state index in [0.29, 0.717) is 31.4 Å². The van der Waals surface area contributed by atoms with Crippen LogP contribution in [0.4, 0.5) is 0 Å². The van der Waals surface area contributed by atoms with Crippen LogP contribution in [0.25, 0.3) is 11.5 Å². The monoisotopic (exact) mass is 406 g/mol. The molecule has 8 heteroatoms. The summed E-state index contributed by atoms with van der Waals surface area (Å²) in [6, 6.07) is 8.01. The van der Waals surface area contributed by atoms with E-state index in [4.69, 9.17) is 4.42 Å². The number of hydrogen-bond donors (Lipinski definition) is 2. The molecule has 0 aliphatic carbocycles. The minimum absolute atomic E-state index is 0.173. The SMILES string of the molecule is CN=C(NCc1coc(-c2ccc(C)cc2)n1)NCC(C)(C)CCS(C)(=O)=O. The van der Waals surface area contributed by atoms with Crippen LogP contribution in [0.1, 0.15) is 31.5 Å². The predicted octanol–water partition coefficient (Wildman–Crippen LogP) is 2.78. The van der Waals surface area contributed by atoms with Crippen molar-refractivity contribution in [1.82, 2.24) is 15.6 Å². The Labute approximate surface area is 167 Å². The zero-order chi connectivity index (χ0) is 20.8. The first-order chi connectivity index (χ1) is 13.1. The molecule has 0 amide bonds. The summed E-state index contributed by atoms with van der Waals surface area (Å²) in [6.07, 6.45) is 3.48. The Kier molecular flexibility index (Phi) is 7.23. The van der Waals surface area contributed by atoms with E-state index in [2.05, 4.69) is 20.6 Å². The highest BCUT2D eigenvalue weighted by molar-refractivity contribution is 7.90. The van der Waals surface area contributed by atoms with E-state index in [1.165, 1.54) is 11.8 Å². The number of nitrogens with zero attached hydrogens (tertiary/aromatic N) is 2. The fourth-order valence-corrected chi connectivity index (χ4v) is 3.41. The van der Waals surface area contributed by atoms with E-state index < -0.39 is 9.84 Å². The smallest absolute Gasteiger partial charge is 0.226 e. The molecule has 28 heavy (non-hydrogen) atoms. The zero-order valence-corrected chi connectivity index (χ0v) is 18.1. The van der Waals surface area contributed by atoms with Crippen molar-refractivity contribution < 1.29 is 12.8 Å². The van der Waals surface area contributed by atoms with Crippen LogP contribution in [0, 0.1) is 12.3 Å². The van der Waals surface area contributed by atoms with E-state index in [-0.39, 0.29) is 11.2 Å². The minimum Gasteiger partial charge on any atom is -0.444 e. The van der Waals surface area contributed by atoms with E-state index in [1.54, 1.807) is 13.3 Å². The summed E-state index contributed by atoms with van der Waals surface area (Å²) in [4.78, 5) is 8.71. The lowest BCUT2D eigenvalue weighted by atomic mass is 9.90. The number of nitrogens with one attached hydrogen (secondary N) is 2. The molecular weight excluding hydrogens is 376 g/mol. The standard InChI is InChI=1S/C20H30N4O3S/c1-15-6-8-16(9-7-15)18-24-17(13-27-18)12-22-19(21-4)23-14-20(2,3)10-11-28(5,25)26/h6-9,13H,10-12,14H2,1-5H3,(H2,21,22,23). The van der Waals surface area contributed by atoms with Gasteiger partial charge in [-0.1, -0.05) is 31.5 Å². The number of rotatable bonds is 8. The summed E-state index contributed by atoms with van der Waals surface area (Å²) in [5.74, 6) is 1.39. The Hall–Kier alpha value is -2.35. The van der Waals surface area contributed by atoms with Gasteiger partial charge in [0.15, 0.2) is 5.96 Å². The molecule has 0 bridgehead atoms. The maximum absolute atomic E-state index is 11.4. The predicted molar refractivity (Wildman–Crippen MR) is 113 cm³/mol. The molecule has 1 heterocycles. The summed E-state index contributed by atoms with van der Waals surface area (Å²) in [5.41, 5.74) is 2.72. The number of sulfone groups is 1. The molecule has 0 saturated heterocycles. The fourth-order valence-electron chi connectivity index (χ4n) is 2.48. The highest BCUT2D eigenvalue weighted by Gasteiger charge is 2.20. The lowest BCUT2D eigenvalue weighted by Crippen LogP contribution is -2.42. The van der Waals surface area contributed by atoms with Crippen molar-refractivity contribution in [3.05, 3.63) is 41.8 Å². The van der Waals surface area contributed by atoms with Gasteiger partial charge in [0.1, 0.15) is 16.1 Å². The first-order valence-electron chi connectivity index (χ1n) is 9.22. The van der Waals surface area contributed by atoms with Crippen molar-refractivity contribution in [2.75, 3.05) is 25.6 Å². The number of oxazole rings is 1. The Bertz CT molecular complexity index is 900. The van der Waals surface area contributed by atoms with E-state index in [1.807, 2.05) is 45.0 Å². The second-order valence-electron chi connectivity index (χ2n) is 7.83. The molecule has 0 unspecified atom stereocenters. The van der Waals surface area contributed by atoms with Gasteiger partial charge in [-0.05, 0) is 30.9 Å². The lowest BCUT2D eigenvalue weighted by molar-refractivity contribution is 0.348. The Balaban J connectivity index is 1.86. The van der Waals surface area contributed by atoms with Crippen molar-refractivity contribution in [1.29, 1.82) is 0 Å². The Morgan fingerprint density at radius 3 is 2.50 bits per heavy atom. The van der Waals surface area contributed by atoms with Crippen LogP contribution >= 0.6 is 0 Å². The maximum atomic E-state index is 11.4. The molecule has 1 aromatic carbocycles. The molecular formula is C20H30N4O3S. The number of hydrogen-bond acceptors (Lipinski definition) is 5. The topological polar surface area (TPSA) is 96.6 Å². The molecule has 2 rings (SSSR count). The van der Waals surface area contributed by atoms with Crippen LogP contribution < -0.4 is 10.6 Å².